The second-order valence-corrected chi connectivity index (χ2v) is 10.1. The summed E-state index contributed by atoms with van der Waals surface area (Å²) >= 11 is 6.08. The first-order valence-electron chi connectivity index (χ1n) is 11.9. The number of hydrogen-bond donors (Lipinski definition) is 0. The standard InChI is InChI=1S/C26H27ClN8O2/c1-17-20(14-32(4)30-17)21-9-6-10-22(29-21)24(36)33-11-12-34(26(2,3)15-33)25(37)23-28-16-35(31-23)19-8-5-7-18(27)13-19/h5-10,13-14,16H,11-12,15H2,1-4H3. The van der Waals surface area contributed by atoms with Crippen LogP contribution in [0, 0.1) is 6.92 Å². The molecule has 1 aliphatic rings. The van der Waals surface area contributed by atoms with E-state index in [9.17, 15) is 9.59 Å². The molecule has 1 aliphatic heterocycles. The molecular formula is C26H27ClN8O2. The maximum atomic E-state index is 13.4. The summed E-state index contributed by atoms with van der Waals surface area (Å²) in [6.45, 7) is 6.86. The van der Waals surface area contributed by atoms with Gasteiger partial charge in [-0.15, -0.1) is 5.10 Å². The molecule has 1 saturated heterocycles. The molecule has 4 aromatic rings. The molecule has 5 rings (SSSR count). The van der Waals surface area contributed by atoms with Crippen molar-refractivity contribution in [3.05, 3.63) is 77.2 Å². The number of rotatable bonds is 4. The highest BCUT2D eigenvalue weighted by Gasteiger charge is 2.40. The first kappa shape index (κ1) is 24.6. The Kier molecular flexibility index (Phi) is 6.28. The molecule has 1 aromatic carbocycles. The van der Waals surface area contributed by atoms with Crippen LogP contribution in [-0.2, 0) is 7.05 Å². The van der Waals surface area contributed by atoms with E-state index in [-0.39, 0.29) is 17.6 Å². The van der Waals surface area contributed by atoms with E-state index in [1.165, 1.54) is 11.0 Å². The van der Waals surface area contributed by atoms with E-state index in [1.54, 1.807) is 32.7 Å². The summed E-state index contributed by atoms with van der Waals surface area (Å²) in [4.78, 5) is 39.1. The van der Waals surface area contributed by atoms with Crippen LogP contribution in [0.5, 0.6) is 0 Å². The third-order valence-corrected chi connectivity index (χ3v) is 6.68. The second kappa shape index (κ2) is 9.44. The van der Waals surface area contributed by atoms with Crippen molar-refractivity contribution >= 4 is 23.4 Å². The first-order chi connectivity index (χ1) is 17.6. The normalized spacial score (nSPS) is 15.2. The zero-order valence-corrected chi connectivity index (χ0v) is 21.8. The van der Waals surface area contributed by atoms with Gasteiger partial charge in [-0.2, -0.15) is 5.10 Å². The first-order valence-corrected chi connectivity index (χ1v) is 12.3. The van der Waals surface area contributed by atoms with Gasteiger partial charge in [-0.3, -0.25) is 14.3 Å². The fraction of sp³-hybridized carbons (Fsp3) is 0.308. The molecule has 10 nitrogen and oxygen atoms in total. The lowest BCUT2D eigenvalue weighted by Crippen LogP contribution is -2.62. The largest absolute Gasteiger partial charge is 0.333 e. The number of amides is 2. The number of aryl methyl sites for hydroxylation is 2. The Morgan fingerprint density at radius 1 is 1.03 bits per heavy atom. The van der Waals surface area contributed by atoms with E-state index in [0.717, 1.165) is 11.3 Å². The molecule has 0 atom stereocenters. The topological polar surface area (TPSA) is 102 Å². The van der Waals surface area contributed by atoms with Gasteiger partial charge in [-0.1, -0.05) is 23.7 Å². The number of carbonyl (C=O) groups excluding carboxylic acids is 2. The van der Waals surface area contributed by atoms with Crippen LogP contribution in [0.3, 0.4) is 0 Å². The second-order valence-electron chi connectivity index (χ2n) is 9.70. The van der Waals surface area contributed by atoms with Gasteiger partial charge in [0, 0.05) is 43.5 Å². The zero-order chi connectivity index (χ0) is 26.3. The summed E-state index contributed by atoms with van der Waals surface area (Å²) in [5, 5.41) is 9.31. The van der Waals surface area contributed by atoms with E-state index >= 15 is 0 Å². The maximum Gasteiger partial charge on any atom is 0.294 e. The minimum atomic E-state index is -0.635. The molecule has 0 aliphatic carbocycles. The van der Waals surface area contributed by atoms with Crippen molar-refractivity contribution in [3.8, 4) is 16.9 Å². The Morgan fingerprint density at radius 2 is 1.81 bits per heavy atom. The molecule has 190 valence electrons. The minimum absolute atomic E-state index is 0.0917. The number of benzene rings is 1. The van der Waals surface area contributed by atoms with Gasteiger partial charge in [0.15, 0.2) is 0 Å². The van der Waals surface area contributed by atoms with Crippen LogP contribution in [0.2, 0.25) is 5.02 Å². The van der Waals surface area contributed by atoms with Gasteiger partial charge in [0.25, 0.3) is 11.8 Å². The lowest BCUT2D eigenvalue weighted by atomic mass is 9.98. The molecule has 2 amide bonds. The van der Waals surface area contributed by atoms with Crippen LogP contribution >= 0.6 is 11.6 Å². The highest BCUT2D eigenvalue weighted by molar-refractivity contribution is 6.30. The summed E-state index contributed by atoms with van der Waals surface area (Å²) in [5.41, 5.74) is 2.87. The predicted octanol–water partition coefficient (Wildman–Crippen LogP) is 3.40. The van der Waals surface area contributed by atoms with Gasteiger partial charge in [0.1, 0.15) is 12.0 Å². The highest BCUT2D eigenvalue weighted by Crippen LogP contribution is 2.25. The van der Waals surface area contributed by atoms with Crippen molar-refractivity contribution in [2.24, 2.45) is 7.05 Å². The lowest BCUT2D eigenvalue weighted by molar-refractivity contribution is 0.0158. The van der Waals surface area contributed by atoms with Crippen LogP contribution in [-0.4, -0.2) is 76.3 Å². The van der Waals surface area contributed by atoms with Crippen molar-refractivity contribution in [1.82, 2.24) is 39.3 Å². The van der Waals surface area contributed by atoms with Gasteiger partial charge in [-0.05, 0) is 51.1 Å². The van der Waals surface area contributed by atoms with E-state index in [1.807, 2.05) is 58.3 Å². The van der Waals surface area contributed by atoms with Gasteiger partial charge in [0.05, 0.1) is 22.6 Å². The quantitative estimate of drug-likeness (QED) is 0.410. The van der Waals surface area contributed by atoms with Gasteiger partial charge in [-0.25, -0.2) is 14.6 Å². The third-order valence-electron chi connectivity index (χ3n) is 6.45. The van der Waals surface area contributed by atoms with E-state index < -0.39 is 5.54 Å². The van der Waals surface area contributed by atoms with Gasteiger partial charge in [0.2, 0.25) is 5.82 Å². The van der Waals surface area contributed by atoms with Crippen molar-refractivity contribution in [1.29, 1.82) is 0 Å². The number of piperazine rings is 1. The van der Waals surface area contributed by atoms with Gasteiger partial charge >= 0.3 is 0 Å². The molecule has 0 N–H and O–H groups in total. The number of pyridine rings is 1. The van der Waals surface area contributed by atoms with Crippen molar-refractivity contribution in [3.63, 3.8) is 0 Å². The number of aromatic nitrogens is 6. The zero-order valence-electron chi connectivity index (χ0n) is 21.1. The minimum Gasteiger partial charge on any atom is -0.333 e. The predicted molar refractivity (Wildman–Crippen MR) is 139 cm³/mol. The fourth-order valence-electron chi connectivity index (χ4n) is 4.65. The summed E-state index contributed by atoms with van der Waals surface area (Å²) < 4.78 is 3.25. The Bertz CT molecular complexity index is 1490. The van der Waals surface area contributed by atoms with Crippen LogP contribution in [0.15, 0.2) is 55.0 Å². The monoisotopic (exact) mass is 518 g/mol. The van der Waals surface area contributed by atoms with Crippen molar-refractivity contribution in [2.75, 3.05) is 19.6 Å². The highest BCUT2D eigenvalue weighted by atomic mass is 35.5. The average molecular weight is 519 g/mol. The number of carbonyl (C=O) groups is 2. The molecule has 1 fully saturated rings. The van der Waals surface area contributed by atoms with Crippen LogP contribution in [0.4, 0.5) is 0 Å². The number of hydrogen-bond acceptors (Lipinski definition) is 6. The fourth-order valence-corrected chi connectivity index (χ4v) is 4.83. The van der Waals surface area contributed by atoms with Crippen LogP contribution in [0.1, 0.15) is 40.6 Å². The van der Waals surface area contributed by atoms with E-state index in [2.05, 4.69) is 20.2 Å². The molecule has 0 spiro atoms. The molecular weight excluding hydrogens is 492 g/mol. The van der Waals surface area contributed by atoms with E-state index in [0.29, 0.717) is 41.7 Å². The average Bonchev–Trinajstić information content (AvgIpc) is 3.49. The molecule has 4 heterocycles. The Morgan fingerprint density at radius 3 is 2.51 bits per heavy atom. The molecule has 0 unspecified atom stereocenters. The number of halogens is 1. The summed E-state index contributed by atoms with van der Waals surface area (Å²) in [7, 11) is 1.85. The number of nitrogens with zero attached hydrogens (tertiary/aromatic N) is 8. The Hall–Kier alpha value is -4.05. The van der Waals surface area contributed by atoms with Crippen LogP contribution < -0.4 is 0 Å². The van der Waals surface area contributed by atoms with E-state index in [4.69, 9.17) is 11.6 Å². The smallest absolute Gasteiger partial charge is 0.294 e. The van der Waals surface area contributed by atoms with Crippen LogP contribution in [0.25, 0.3) is 16.9 Å². The molecule has 3 aromatic heterocycles. The van der Waals surface area contributed by atoms with Crippen molar-refractivity contribution in [2.45, 2.75) is 26.3 Å². The summed E-state index contributed by atoms with van der Waals surface area (Å²) in [6, 6.07) is 12.6. The molecule has 37 heavy (non-hydrogen) atoms. The Balaban J connectivity index is 1.31. The summed E-state index contributed by atoms with van der Waals surface area (Å²) in [5.74, 6) is -0.369. The van der Waals surface area contributed by atoms with Gasteiger partial charge < -0.3 is 9.80 Å². The molecule has 0 radical (unpaired) electrons. The Labute approximate surface area is 219 Å². The molecule has 0 bridgehead atoms. The molecule has 11 heteroatoms. The maximum absolute atomic E-state index is 13.4. The SMILES string of the molecule is Cc1nn(C)cc1-c1cccc(C(=O)N2CCN(C(=O)c3ncn(-c4cccc(Cl)c4)n3)C(C)(C)C2)n1. The third kappa shape index (κ3) is 4.84. The lowest BCUT2D eigenvalue weighted by Gasteiger charge is -2.46. The molecule has 0 saturated carbocycles. The summed E-state index contributed by atoms with van der Waals surface area (Å²) in [6.07, 6.45) is 3.38. The van der Waals surface area contributed by atoms with Crippen molar-refractivity contribution < 1.29 is 9.59 Å².